The molecule has 0 saturated carbocycles. The van der Waals surface area contributed by atoms with Gasteiger partial charge in [0.15, 0.2) is 0 Å². The minimum Gasteiger partial charge on any atom is -0.0800 e. The maximum Gasteiger partial charge on any atom is 0.105 e. The fourth-order valence-electron chi connectivity index (χ4n) is 4.81. The molecule has 0 bridgehead atoms. The third-order valence-electron chi connectivity index (χ3n) is 4.66. The van der Waals surface area contributed by atoms with Gasteiger partial charge < -0.3 is 0 Å². The molecule has 0 radical (unpaired) electrons. The maximum absolute atomic E-state index is 2.51. The Hall–Kier alpha value is -0.870. The van der Waals surface area contributed by atoms with Gasteiger partial charge in [-0.15, -0.1) is 0 Å². The molecule has 2 rings (SSSR count). The molecule has 0 aliphatic heterocycles. The van der Waals surface area contributed by atoms with Crippen molar-refractivity contribution in [3.63, 3.8) is 0 Å². The van der Waals surface area contributed by atoms with Crippen molar-refractivity contribution in [2.45, 2.75) is 70.4 Å². The average molecular weight is 315 g/mol. The molecule has 1 aromatic rings. The molecule has 0 nitrogen and oxygen atoms in total. The van der Waals surface area contributed by atoms with Crippen molar-refractivity contribution in [1.29, 1.82) is 0 Å². The Morgan fingerprint density at radius 2 is 1.45 bits per heavy atom. The van der Waals surface area contributed by atoms with Crippen molar-refractivity contribution >= 4 is 13.5 Å². The van der Waals surface area contributed by atoms with E-state index in [1.54, 1.807) is 0 Å². The SMILES string of the molecule is CC(C)(C)[PH+](C(C)(C)C)[C@@]1(C)CC=CC=C1c1ccccc1. The van der Waals surface area contributed by atoms with E-state index in [9.17, 15) is 0 Å². The van der Waals surface area contributed by atoms with Gasteiger partial charge in [-0.2, -0.15) is 0 Å². The molecule has 120 valence electrons. The van der Waals surface area contributed by atoms with Crippen LogP contribution in [0.15, 0.2) is 48.6 Å². The first kappa shape index (κ1) is 17.5. The Kier molecular flexibility index (Phi) is 4.74. The maximum atomic E-state index is 2.51. The second kappa shape index (κ2) is 5.97. The molecule has 0 spiro atoms. The first-order chi connectivity index (χ1) is 10.1. The standard InChI is InChI=1S/C21H31P/c1-19(2,3)22(20(4,5)6)21(7)16-12-11-15-18(21)17-13-9-8-10-14-17/h8-15H,16H2,1-7H3/p+1/t21-/m0/s1. The molecule has 0 saturated heterocycles. The lowest BCUT2D eigenvalue weighted by atomic mass is 9.87. The quantitative estimate of drug-likeness (QED) is 0.539. The Morgan fingerprint density at radius 1 is 0.909 bits per heavy atom. The van der Waals surface area contributed by atoms with Crippen LogP contribution >= 0.6 is 7.92 Å². The summed E-state index contributed by atoms with van der Waals surface area (Å²) in [6.45, 7) is 17.2. The van der Waals surface area contributed by atoms with Crippen LogP contribution in [-0.4, -0.2) is 15.5 Å². The minimum atomic E-state index is -0.690. The predicted octanol–water partition coefficient (Wildman–Crippen LogP) is 6.60. The predicted molar refractivity (Wildman–Crippen MR) is 104 cm³/mol. The highest BCUT2D eigenvalue weighted by Gasteiger charge is 2.55. The monoisotopic (exact) mass is 315 g/mol. The topological polar surface area (TPSA) is 0 Å². The molecule has 1 atom stereocenters. The summed E-state index contributed by atoms with van der Waals surface area (Å²) >= 11 is 0. The van der Waals surface area contributed by atoms with Crippen LogP contribution in [-0.2, 0) is 0 Å². The van der Waals surface area contributed by atoms with Gasteiger partial charge in [0.2, 0.25) is 0 Å². The summed E-state index contributed by atoms with van der Waals surface area (Å²) in [6.07, 6.45) is 8.14. The summed E-state index contributed by atoms with van der Waals surface area (Å²) in [6, 6.07) is 11.0. The van der Waals surface area contributed by atoms with Crippen LogP contribution in [0, 0.1) is 0 Å². The summed E-state index contributed by atoms with van der Waals surface area (Å²) in [7, 11) is -0.690. The molecule has 0 unspecified atom stereocenters. The normalized spacial score (nSPS) is 22.8. The van der Waals surface area contributed by atoms with E-state index < -0.39 is 7.92 Å². The molecule has 1 heteroatoms. The van der Waals surface area contributed by atoms with E-state index in [4.69, 9.17) is 0 Å². The van der Waals surface area contributed by atoms with E-state index in [1.807, 2.05) is 0 Å². The third kappa shape index (κ3) is 3.38. The minimum absolute atomic E-state index is 0.261. The number of hydrogen-bond acceptors (Lipinski definition) is 0. The number of rotatable bonds is 2. The second-order valence-corrected chi connectivity index (χ2v) is 13.6. The van der Waals surface area contributed by atoms with Gasteiger partial charge in [-0.3, -0.25) is 0 Å². The summed E-state index contributed by atoms with van der Waals surface area (Å²) in [5, 5.41) is 0.977. The van der Waals surface area contributed by atoms with Crippen LogP contribution in [0.25, 0.3) is 5.57 Å². The molecule has 1 aliphatic carbocycles. The zero-order valence-corrected chi connectivity index (χ0v) is 16.3. The van der Waals surface area contributed by atoms with Crippen molar-refractivity contribution in [3.8, 4) is 0 Å². The summed E-state index contributed by atoms with van der Waals surface area (Å²) in [5.41, 5.74) is 2.93. The largest absolute Gasteiger partial charge is 0.105 e. The van der Waals surface area contributed by atoms with Gasteiger partial charge in [0, 0.05) is 19.9 Å². The lowest BCUT2D eigenvalue weighted by Gasteiger charge is -2.47. The lowest BCUT2D eigenvalue weighted by Crippen LogP contribution is -2.40. The van der Waals surface area contributed by atoms with Gasteiger partial charge in [-0.05, 0) is 54.0 Å². The Morgan fingerprint density at radius 3 is 1.95 bits per heavy atom. The zero-order chi connectivity index (χ0) is 16.6. The summed E-state index contributed by atoms with van der Waals surface area (Å²) < 4.78 is 0. The number of benzene rings is 1. The number of hydrogen-bond donors (Lipinski definition) is 0. The Labute approximate surface area is 138 Å². The average Bonchev–Trinajstić information content (AvgIpc) is 2.36. The molecular formula is C21H32P+. The van der Waals surface area contributed by atoms with Crippen LogP contribution in [0.1, 0.15) is 60.5 Å². The van der Waals surface area contributed by atoms with Crippen molar-refractivity contribution in [3.05, 3.63) is 54.1 Å². The summed E-state index contributed by atoms with van der Waals surface area (Å²) in [4.78, 5) is 0. The van der Waals surface area contributed by atoms with Crippen LogP contribution in [0.2, 0.25) is 0 Å². The van der Waals surface area contributed by atoms with Gasteiger partial charge >= 0.3 is 0 Å². The molecule has 1 aliphatic rings. The van der Waals surface area contributed by atoms with Gasteiger partial charge in [0.1, 0.15) is 5.16 Å². The molecule has 22 heavy (non-hydrogen) atoms. The molecule has 0 heterocycles. The first-order valence-electron chi connectivity index (χ1n) is 8.38. The molecule has 0 fully saturated rings. The fraction of sp³-hybridized carbons (Fsp3) is 0.524. The smallest absolute Gasteiger partial charge is 0.0800 e. The molecule has 0 N–H and O–H groups in total. The van der Waals surface area contributed by atoms with Crippen LogP contribution in [0.4, 0.5) is 0 Å². The van der Waals surface area contributed by atoms with Crippen molar-refractivity contribution < 1.29 is 0 Å². The molecule has 0 amide bonds. The third-order valence-corrected chi connectivity index (χ3v) is 9.23. The van der Waals surface area contributed by atoms with E-state index in [2.05, 4.69) is 97.0 Å². The van der Waals surface area contributed by atoms with E-state index in [1.165, 1.54) is 11.1 Å². The van der Waals surface area contributed by atoms with E-state index in [-0.39, 0.29) is 5.16 Å². The van der Waals surface area contributed by atoms with Crippen LogP contribution in [0.3, 0.4) is 0 Å². The van der Waals surface area contributed by atoms with E-state index >= 15 is 0 Å². The lowest BCUT2D eigenvalue weighted by molar-refractivity contribution is 0.653. The summed E-state index contributed by atoms with van der Waals surface area (Å²) in [5.74, 6) is 0. The first-order valence-corrected chi connectivity index (χ1v) is 9.88. The highest BCUT2D eigenvalue weighted by molar-refractivity contribution is 7.63. The van der Waals surface area contributed by atoms with Crippen molar-refractivity contribution in [2.24, 2.45) is 0 Å². The highest BCUT2D eigenvalue weighted by Crippen LogP contribution is 2.71. The van der Waals surface area contributed by atoms with Gasteiger partial charge in [-0.25, -0.2) is 0 Å². The van der Waals surface area contributed by atoms with E-state index in [0.29, 0.717) is 10.3 Å². The van der Waals surface area contributed by atoms with Crippen LogP contribution in [0.5, 0.6) is 0 Å². The second-order valence-electron chi connectivity index (χ2n) is 8.79. The van der Waals surface area contributed by atoms with Gasteiger partial charge in [-0.1, -0.05) is 48.6 Å². The zero-order valence-electron chi connectivity index (χ0n) is 15.3. The van der Waals surface area contributed by atoms with Crippen molar-refractivity contribution in [1.82, 2.24) is 0 Å². The Balaban J connectivity index is 2.59. The molecular weight excluding hydrogens is 283 g/mol. The van der Waals surface area contributed by atoms with Gasteiger partial charge in [0.25, 0.3) is 0 Å². The molecule has 0 aromatic heterocycles. The van der Waals surface area contributed by atoms with E-state index in [0.717, 1.165) is 6.42 Å². The number of allylic oxidation sites excluding steroid dienone is 4. The highest BCUT2D eigenvalue weighted by atomic mass is 31.1. The Bertz CT molecular complexity index is 552. The van der Waals surface area contributed by atoms with Crippen molar-refractivity contribution in [2.75, 3.05) is 0 Å². The fourth-order valence-corrected chi connectivity index (χ4v) is 11.2. The molecule has 1 aromatic carbocycles. The van der Waals surface area contributed by atoms with Gasteiger partial charge in [0.05, 0.1) is 10.3 Å². The van der Waals surface area contributed by atoms with Crippen LogP contribution < -0.4 is 0 Å².